The van der Waals surface area contributed by atoms with Gasteiger partial charge in [-0.05, 0) is 12.1 Å². The molecule has 0 amide bonds. The second-order valence-corrected chi connectivity index (χ2v) is 3.92. The number of hydrogen-bond donors (Lipinski definition) is 1. The van der Waals surface area contributed by atoms with Crippen molar-refractivity contribution < 1.29 is 4.74 Å². The summed E-state index contributed by atoms with van der Waals surface area (Å²) in [7, 11) is 1.57. The van der Waals surface area contributed by atoms with Crippen molar-refractivity contribution in [2.45, 2.75) is 13.8 Å². The predicted molar refractivity (Wildman–Crippen MR) is 64.1 cm³/mol. The summed E-state index contributed by atoms with van der Waals surface area (Å²) in [5.74, 6) is 1.43. The highest BCUT2D eigenvalue weighted by Crippen LogP contribution is 2.28. The number of amidine groups is 1. The number of rotatable bonds is 3. The summed E-state index contributed by atoms with van der Waals surface area (Å²) in [6, 6.07) is 5.31. The van der Waals surface area contributed by atoms with E-state index in [2.05, 4.69) is 4.99 Å². The lowest BCUT2D eigenvalue weighted by Crippen LogP contribution is -2.17. The van der Waals surface area contributed by atoms with Gasteiger partial charge in [0.05, 0.1) is 17.8 Å². The number of nitrogens with two attached hydrogens (primary N) is 1. The molecule has 3 nitrogen and oxygen atoms in total. The second-order valence-electron chi connectivity index (χ2n) is 3.51. The summed E-state index contributed by atoms with van der Waals surface area (Å²) in [6.07, 6.45) is 0. The lowest BCUT2D eigenvalue weighted by molar-refractivity contribution is 0.415. The van der Waals surface area contributed by atoms with Crippen LogP contribution in [0.2, 0.25) is 5.02 Å². The minimum atomic E-state index is 0.228. The second kappa shape index (κ2) is 5.03. The molecule has 0 heterocycles. The lowest BCUT2D eigenvalue weighted by Gasteiger charge is -2.06. The highest BCUT2D eigenvalue weighted by Gasteiger charge is 2.03. The van der Waals surface area contributed by atoms with Gasteiger partial charge in [0.2, 0.25) is 0 Å². The first kappa shape index (κ1) is 11.9. The molecule has 0 aromatic heterocycles. The number of methoxy groups -OCH3 is 1. The van der Waals surface area contributed by atoms with Crippen LogP contribution in [0.3, 0.4) is 0 Å². The molecule has 0 bridgehead atoms. The van der Waals surface area contributed by atoms with E-state index in [4.69, 9.17) is 22.1 Å². The predicted octanol–water partition coefficient (Wildman–Crippen LogP) is 2.99. The van der Waals surface area contributed by atoms with Crippen LogP contribution in [0.4, 0.5) is 5.69 Å². The smallest absolute Gasteiger partial charge is 0.139 e. The fourth-order valence-corrected chi connectivity index (χ4v) is 1.19. The molecule has 0 saturated heterocycles. The molecule has 4 heteroatoms. The maximum atomic E-state index is 5.89. The Balaban J connectivity index is 3.02. The Morgan fingerprint density at radius 2 is 2.13 bits per heavy atom. The van der Waals surface area contributed by atoms with Gasteiger partial charge >= 0.3 is 0 Å². The zero-order valence-electron chi connectivity index (χ0n) is 9.12. The summed E-state index contributed by atoms with van der Waals surface area (Å²) < 4.78 is 5.09. The molecule has 2 N–H and O–H groups in total. The summed E-state index contributed by atoms with van der Waals surface area (Å²) in [5, 5.41) is 0.569. The minimum absolute atomic E-state index is 0.228. The molecule has 0 aliphatic heterocycles. The summed E-state index contributed by atoms with van der Waals surface area (Å²) in [6.45, 7) is 3.98. The van der Waals surface area contributed by atoms with Gasteiger partial charge in [0.25, 0.3) is 0 Å². The van der Waals surface area contributed by atoms with Crippen LogP contribution in [0.15, 0.2) is 23.2 Å². The van der Waals surface area contributed by atoms with Gasteiger partial charge in [-0.1, -0.05) is 25.4 Å². The number of aliphatic imine (C=N–C) groups is 1. The molecule has 0 saturated carbocycles. The third-order valence-corrected chi connectivity index (χ3v) is 2.30. The molecule has 1 aromatic carbocycles. The lowest BCUT2D eigenvalue weighted by atomic mass is 10.2. The van der Waals surface area contributed by atoms with Crippen LogP contribution in [0.5, 0.6) is 5.75 Å². The van der Waals surface area contributed by atoms with Crippen molar-refractivity contribution >= 4 is 23.1 Å². The van der Waals surface area contributed by atoms with Crippen LogP contribution < -0.4 is 10.5 Å². The van der Waals surface area contributed by atoms with E-state index in [-0.39, 0.29) is 5.92 Å². The van der Waals surface area contributed by atoms with Crippen molar-refractivity contribution in [2.75, 3.05) is 7.11 Å². The Bertz CT molecular complexity index is 375. The summed E-state index contributed by atoms with van der Waals surface area (Å²) >= 11 is 5.89. The fourth-order valence-electron chi connectivity index (χ4n) is 0.996. The van der Waals surface area contributed by atoms with E-state index in [1.54, 1.807) is 25.3 Å². The Kier molecular flexibility index (Phi) is 3.97. The molecule has 0 unspecified atom stereocenters. The van der Waals surface area contributed by atoms with Crippen molar-refractivity contribution in [3.8, 4) is 5.75 Å². The average molecular weight is 227 g/mol. The first-order valence-corrected chi connectivity index (χ1v) is 5.10. The number of ether oxygens (including phenoxy) is 1. The van der Waals surface area contributed by atoms with Gasteiger partial charge in [0.1, 0.15) is 11.6 Å². The van der Waals surface area contributed by atoms with Crippen molar-refractivity contribution in [2.24, 2.45) is 16.6 Å². The summed E-state index contributed by atoms with van der Waals surface area (Å²) in [5.41, 5.74) is 6.51. The molecule has 0 radical (unpaired) electrons. The number of hydrogen-bond acceptors (Lipinski definition) is 2. The van der Waals surface area contributed by atoms with E-state index in [9.17, 15) is 0 Å². The van der Waals surface area contributed by atoms with Crippen LogP contribution in [0.25, 0.3) is 0 Å². The molecule has 82 valence electrons. The summed E-state index contributed by atoms with van der Waals surface area (Å²) in [4.78, 5) is 4.26. The third-order valence-electron chi connectivity index (χ3n) is 1.98. The van der Waals surface area contributed by atoms with Gasteiger partial charge in [0, 0.05) is 12.0 Å². The minimum Gasteiger partial charge on any atom is -0.495 e. The van der Waals surface area contributed by atoms with Gasteiger partial charge in [-0.2, -0.15) is 0 Å². The van der Waals surface area contributed by atoms with E-state index in [0.717, 1.165) is 5.69 Å². The van der Waals surface area contributed by atoms with Crippen LogP contribution in [-0.2, 0) is 0 Å². The molecule has 1 aromatic rings. The van der Waals surface area contributed by atoms with E-state index in [0.29, 0.717) is 16.6 Å². The number of nitrogens with zero attached hydrogens (tertiary/aromatic N) is 1. The van der Waals surface area contributed by atoms with E-state index in [1.807, 2.05) is 13.8 Å². The molecular formula is C11H15ClN2O. The van der Waals surface area contributed by atoms with E-state index < -0.39 is 0 Å². The Morgan fingerprint density at radius 3 is 2.67 bits per heavy atom. The van der Waals surface area contributed by atoms with Crippen molar-refractivity contribution in [3.63, 3.8) is 0 Å². The van der Waals surface area contributed by atoms with Crippen molar-refractivity contribution in [1.29, 1.82) is 0 Å². The van der Waals surface area contributed by atoms with Gasteiger partial charge in [-0.15, -0.1) is 0 Å². The first-order chi connectivity index (χ1) is 7.04. The maximum Gasteiger partial charge on any atom is 0.139 e. The largest absolute Gasteiger partial charge is 0.495 e. The SMILES string of the molecule is COc1cc(N=C(N)C(C)C)ccc1Cl. The standard InChI is InChI=1S/C11H15ClN2O/c1-7(2)11(13)14-8-4-5-9(12)10(6-8)15-3/h4-7H,1-3H3,(H2,13,14). The molecule has 1 rings (SSSR count). The van der Waals surface area contributed by atoms with Crippen LogP contribution in [0.1, 0.15) is 13.8 Å². The van der Waals surface area contributed by atoms with E-state index in [1.165, 1.54) is 0 Å². The quantitative estimate of drug-likeness (QED) is 0.636. The number of halogens is 1. The fraction of sp³-hybridized carbons (Fsp3) is 0.364. The normalized spacial score (nSPS) is 11.9. The van der Waals surface area contributed by atoms with Crippen LogP contribution in [0, 0.1) is 5.92 Å². The Labute approximate surface area is 94.9 Å². The highest BCUT2D eigenvalue weighted by atomic mass is 35.5. The van der Waals surface area contributed by atoms with Gasteiger partial charge in [0.15, 0.2) is 0 Å². The van der Waals surface area contributed by atoms with Crippen molar-refractivity contribution in [3.05, 3.63) is 23.2 Å². The average Bonchev–Trinajstić information content (AvgIpc) is 2.20. The van der Waals surface area contributed by atoms with Crippen LogP contribution in [-0.4, -0.2) is 12.9 Å². The molecule has 0 aliphatic rings. The van der Waals surface area contributed by atoms with Crippen molar-refractivity contribution in [1.82, 2.24) is 0 Å². The number of benzene rings is 1. The molecular weight excluding hydrogens is 212 g/mol. The van der Waals surface area contributed by atoms with Gasteiger partial charge < -0.3 is 10.5 Å². The molecule has 0 spiro atoms. The zero-order chi connectivity index (χ0) is 11.4. The molecule has 0 atom stereocenters. The third kappa shape index (κ3) is 3.13. The molecule has 0 aliphatic carbocycles. The molecule has 15 heavy (non-hydrogen) atoms. The Morgan fingerprint density at radius 1 is 1.47 bits per heavy atom. The Hall–Kier alpha value is -1.22. The maximum absolute atomic E-state index is 5.89. The van der Waals surface area contributed by atoms with Gasteiger partial charge in [-0.25, -0.2) is 4.99 Å². The zero-order valence-corrected chi connectivity index (χ0v) is 9.88. The van der Waals surface area contributed by atoms with Crippen LogP contribution >= 0.6 is 11.6 Å². The van der Waals surface area contributed by atoms with E-state index >= 15 is 0 Å². The monoisotopic (exact) mass is 226 g/mol. The van der Waals surface area contributed by atoms with Gasteiger partial charge in [-0.3, -0.25) is 0 Å². The first-order valence-electron chi connectivity index (χ1n) is 4.72. The highest BCUT2D eigenvalue weighted by molar-refractivity contribution is 6.32. The molecule has 0 fully saturated rings. The topological polar surface area (TPSA) is 47.6 Å².